The topological polar surface area (TPSA) is 66.8 Å². The first-order valence-electron chi connectivity index (χ1n) is 5.94. The quantitative estimate of drug-likeness (QED) is 0.916. The Hall–Kier alpha value is -1.59. The second-order valence-corrected chi connectivity index (χ2v) is 4.71. The van der Waals surface area contributed by atoms with Crippen molar-refractivity contribution < 1.29 is 19.4 Å². The van der Waals surface area contributed by atoms with Crippen molar-refractivity contribution in [2.45, 2.75) is 12.5 Å². The fraction of sp³-hybridized carbons (Fsp3) is 0.385. The monoisotopic (exact) mass is 283 g/mol. The van der Waals surface area contributed by atoms with Crippen molar-refractivity contribution in [3.63, 3.8) is 0 Å². The number of hydrogen-bond donors (Lipinski definition) is 1. The van der Waals surface area contributed by atoms with Crippen LogP contribution in [0.5, 0.6) is 0 Å². The molecule has 5 nitrogen and oxygen atoms in total. The van der Waals surface area contributed by atoms with Crippen LogP contribution in [0.15, 0.2) is 24.3 Å². The summed E-state index contributed by atoms with van der Waals surface area (Å²) in [6.45, 7) is 1.02. The number of carboxylic acid groups (broad SMARTS) is 1. The minimum atomic E-state index is -0.951. The molecule has 0 saturated carbocycles. The molecule has 2 rings (SSSR count). The molecule has 0 spiro atoms. The summed E-state index contributed by atoms with van der Waals surface area (Å²) in [7, 11) is 0. The smallest absolute Gasteiger partial charge is 0.305 e. The fourth-order valence-corrected chi connectivity index (χ4v) is 2.30. The van der Waals surface area contributed by atoms with Gasteiger partial charge in [0.15, 0.2) is 0 Å². The van der Waals surface area contributed by atoms with Crippen LogP contribution in [0, 0.1) is 0 Å². The molecule has 19 heavy (non-hydrogen) atoms. The fourth-order valence-electron chi connectivity index (χ4n) is 2.08. The number of ether oxygens (including phenoxy) is 1. The third kappa shape index (κ3) is 3.24. The molecular formula is C13H14ClNO4. The first-order chi connectivity index (χ1) is 9.09. The van der Waals surface area contributed by atoms with Crippen molar-refractivity contribution >= 4 is 23.5 Å². The van der Waals surface area contributed by atoms with Crippen LogP contribution < -0.4 is 0 Å². The van der Waals surface area contributed by atoms with Crippen molar-refractivity contribution in [3.05, 3.63) is 34.9 Å². The van der Waals surface area contributed by atoms with Gasteiger partial charge in [0.05, 0.1) is 36.3 Å². The van der Waals surface area contributed by atoms with Gasteiger partial charge in [0.2, 0.25) is 0 Å². The standard InChI is InChI=1S/C13H14ClNO4/c14-11-4-2-1-3-10(11)13(18)15-5-6-19-8-9(15)7-12(16)17/h1-4,9H,5-8H2,(H,16,17). The third-order valence-corrected chi connectivity index (χ3v) is 3.33. The van der Waals surface area contributed by atoms with Gasteiger partial charge in [0.25, 0.3) is 5.91 Å². The van der Waals surface area contributed by atoms with Gasteiger partial charge in [0, 0.05) is 6.54 Å². The van der Waals surface area contributed by atoms with E-state index in [1.54, 1.807) is 24.3 Å². The molecule has 1 amide bonds. The van der Waals surface area contributed by atoms with Gasteiger partial charge in [-0.3, -0.25) is 9.59 Å². The lowest BCUT2D eigenvalue weighted by molar-refractivity contribution is -0.139. The van der Waals surface area contributed by atoms with Gasteiger partial charge in [-0.15, -0.1) is 0 Å². The lowest BCUT2D eigenvalue weighted by atomic mass is 10.1. The number of carbonyl (C=O) groups is 2. The number of nitrogens with zero attached hydrogens (tertiary/aromatic N) is 1. The van der Waals surface area contributed by atoms with E-state index in [1.807, 2.05) is 0 Å². The minimum absolute atomic E-state index is 0.129. The summed E-state index contributed by atoms with van der Waals surface area (Å²) in [5.74, 6) is -1.20. The van der Waals surface area contributed by atoms with Gasteiger partial charge in [-0.1, -0.05) is 23.7 Å². The SMILES string of the molecule is O=C(O)CC1COCCN1C(=O)c1ccccc1Cl. The molecular weight excluding hydrogens is 270 g/mol. The number of carbonyl (C=O) groups excluding carboxylic acids is 1. The number of aliphatic carboxylic acids is 1. The second-order valence-electron chi connectivity index (χ2n) is 4.30. The number of morpholine rings is 1. The molecule has 6 heteroatoms. The van der Waals surface area contributed by atoms with Crippen molar-refractivity contribution in [1.82, 2.24) is 4.90 Å². The molecule has 1 aromatic rings. The number of hydrogen-bond acceptors (Lipinski definition) is 3. The van der Waals surface area contributed by atoms with Gasteiger partial charge in [-0.2, -0.15) is 0 Å². The highest BCUT2D eigenvalue weighted by Crippen LogP contribution is 2.20. The zero-order valence-corrected chi connectivity index (χ0v) is 11.0. The molecule has 1 aliphatic rings. The Morgan fingerprint density at radius 1 is 1.42 bits per heavy atom. The average molecular weight is 284 g/mol. The number of amides is 1. The van der Waals surface area contributed by atoms with E-state index in [2.05, 4.69) is 0 Å². The van der Waals surface area contributed by atoms with Crippen LogP contribution in [0.4, 0.5) is 0 Å². The Morgan fingerprint density at radius 3 is 2.84 bits per heavy atom. The van der Waals surface area contributed by atoms with Crippen molar-refractivity contribution in [2.75, 3.05) is 19.8 Å². The van der Waals surface area contributed by atoms with E-state index in [9.17, 15) is 9.59 Å². The van der Waals surface area contributed by atoms with Crippen LogP contribution in [-0.4, -0.2) is 47.7 Å². The minimum Gasteiger partial charge on any atom is -0.481 e. The van der Waals surface area contributed by atoms with Gasteiger partial charge in [-0.05, 0) is 12.1 Å². The summed E-state index contributed by atoms with van der Waals surface area (Å²) < 4.78 is 5.24. The Bertz CT molecular complexity index is 491. The highest BCUT2D eigenvalue weighted by atomic mass is 35.5. The maximum atomic E-state index is 12.4. The summed E-state index contributed by atoms with van der Waals surface area (Å²) in [6, 6.07) is 6.30. The van der Waals surface area contributed by atoms with E-state index in [-0.39, 0.29) is 18.9 Å². The molecule has 1 fully saturated rings. The number of carboxylic acids is 1. The van der Waals surface area contributed by atoms with Gasteiger partial charge < -0.3 is 14.7 Å². The van der Waals surface area contributed by atoms with Crippen LogP contribution in [0.25, 0.3) is 0 Å². The number of rotatable bonds is 3. The van der Waals surface area contributed by atoms with Crippen LogP contribution >= 0.6 is 11.6 Å². The molecule has 102 valence electrons. The van der Waals surface area contributed by atoms with Crippen molar-refractivity contribution in [2.24, 2.45) is 0 Å². The molecule has 1 unspecified atom stereocenters. The average Bonchev–Trinajstić information content (AvgIpc) is 2.38. The molecule has 1 heterocycles. The van der Waals surface area contributed by atoms with E-state index in [0.29, 0.717) is 23.7 Å². The predicted octanol–water partition coefficient (Wildman–Crippen LogP) is 1.66. The Kier molecular flexibility index (Phi) is 4.39. The summed E-state index contributed by atoms with van der Waals surface area (Å²) in [6.07, 6.45) is -0.129. The summed E-state index contributed by atoms with van der Waals surface area (Å²) >= 11 is 6.00. The first kappa shape index (κ1) is 13.8. The van der Waals surface area contributed by atoms with Crippen molar-refractivity contribution in [1.29, 1.82) is 0 Å². The second kappa shape index (κ2) is 6.04. The maximum Gasteiger partial charge on any atom is 0.305 e. The lowest BCUT2D eigenvalue weighted by Crippen LogP contribution is -2.49. The van der Waals surface area contributed by atoms with E-state index in [0.717, 1.165) is 0 Å². The molecule has 1 saturated heterocycles. The number of halogens is 1. The Balaban J connectivity index is 2.20. The van der Waals surface area contributed by atoms with E-state index in [4.69, 9.17) is 21.4 Å². The largest absolute Gasteiger partial charge is 0.481 e. The molecule has 1 aromatic carbocycles. The lowest BCUT2D eigenvalue weighted by Gasteiger charge is -2.35. The Labute approximate surface area is 115 Å². The molecule has 1 aliphatic heterocycles. The third-order valence-electron chi connectivity index (χ3n) is 3.00. The van der Waals surface area contributed by atoms with Crippen LogP contribution in [0.3, 0.4) is 0 Å². The van der Waals surface area contributed by atoms with E-state index < -0.39 is 12.0 Å². The molecule has 0 aromatic heterocycles. The highest BCUT2D eigenvalue weighted by Gasteiger charge is 2.30. The first-order valence-corrected chi connectivity index (χ1v) is 6.32. The molecule has 0 radical (unpaired) electrons. The molecule has 1 N–H and O–H groups in total. The zero-order valence-electron chi connectivity index (χ0n) is 10.2. The van der Waals surface area contributed by atoms with Crippen molar-refractivity contribution in [3.8, 4) is 0 Å². The van der Waals surface area contributed by atoms with Crippen LogP contribution in [0.2, 0.25) is 5.02 Å². The maximum absolute atomic E-state index is 12.4. The number of benzene rings is 1. The van der Waals surface area contributed by atoms with Gasteiger partial charge in [-0.25, -0.2) is 0 Å². The zero-order chi connectivity index (χ0) is 13.8. The highest BCUT2D eigenvalue weighted by molar-refractivity contribution is 6.33. The van der Waals surface area contributed by atoms with E-state index >= 15 is 0 Å². The summed E-state index contributed by atoms with van der Waals surface area (Å²) in [4.78, 5) is 24.8. The molecule has 1 atom stereocenters. The predicted molar refractivity (Wildman–Crippen MR) is 69.3 cm³/mol. The van der Waals surface area contributed by atoms with Gasteiger partial charge >= 0.3 is 5.97 Å². The normalized spacial score (nSPS) is 19.2. The van der Waals surface area contributed by atoms with Crippen LogP contribution in [0.1, 0.15) is 16.8 Å². The molecule has 0 bridgehead atoms. The molecule has 0 aliphatic carbocycles. The van der Waals surface area contributed by atoms with Crippen LogP contribution in [-0.2, 0) is 9.53 Å². The van der Waals surface area contributed by atoms with E-state index in [1.165, 1.54) is 4.90 Å². The Morgan fingerprint density at radius 2 is 2.16 bits per heavy atom. The summed E-state index contributed by atoms with van der Waals surface area (Å²) in [5, 5.41) is 9.24. The summed E-state index contributed by atoms with van der Waals surface area (Å²) in [5.41, 5.74) is 0.390. The van der Waals surface area contributed by atoms with Gasteiger partial charge in [0.1, 0.15) is 0 Å².